The molecule has 1 N–H and O–H groups in total. The summed E-state index contributed by atoms with van der Waals surface area (Å²) in [6, 6.07) is 4.90. The fourth-order valence-electron chi connectivity index (χ4n) is 2.24. The molecule has 0 atom stereocenters. The van der Waals surface area contributed by atoms with Crippen LogP contribution in [0.25, 0.3) is 6.08 Å². The van der Waals surface area contributed by atoms with Gasteiger partial charge in [0.2, 0.25) is 0 Å². The van der Waals surface area contributed by atoms with Crippen molar-refractivity contribution in [3.05, 3.63) is 35.7 Å². The third kappa shape index (κ3) is 4.08. The van der Waals surface area contributed by atoms with E-state index in [0.717, 1.165) is 25.6 Å². The van der Waals surface area contributed by atoms with Gasteiger partial charge in [0, 0.05) is 19.2 Å². The van der Waals surface area contributed by atoms with Gasteiger partial charge in [-0.3, -0.25) is 0 Å². The van der Waals surface area contributed by atoms with Gasteiger partial charge in [0.1, 0.15) is 5.82 Å². The molecule has 0 radical (unpaired) electrons. The molecule has 0 amide bonds. The van der Waals surface area contributed by atoms with Crippen LogP contribution in [0.5, 0.6) is 0 Å². The summed E-state index contributed by atoms with van der Waals surface area (Å²) in [5.41, 5.74) is 1.18. The highest BCUT2D eigenvalue weighted by Crippen LogP contribution is 2.32. The Bertz CT molecular complexity index is 509. The minimum atomic E-state index is -1.03. The molecule has 4 heteroatoms. The quantitative estimate of drug-likeness (QED) is 0.775. The van der Waals surface area contributed by atoms with Crippen LogP contribution in [0.1, 0.15) is 31.7 Å². The standard InChI is InChI=1S/C16H20FNO2/c1-2-9-18(11-13-3-4-13)15-7-5-12(10-14(15)17)6-8-16(19)20/h5-8,10,13H,2-4,9,11H2,1H3,(H,19,20). The Hall–Kier alpha value is -1.84. The van der Waals surface area contributed by atoms with Crippen molar-refractivity contribution in [3.8, 4) is 0 Å². The summed E-state index contributed by atoms with van der Waals surface area (Å²) in [6.07, 6.45) is 5.87. The number of anilines is 1. The lowest BCUT2D eigenvalue weighted by Gasteiger charge is -2.25. The molecular formula is C16H20FNO2. The molecule has 108 valence electrons. The zero-order valence-electron chi connectivity index (χ0n) is 11.7. The molecule has 0 saturated heterocycles. The lowest BCUT2D eigenvalue weighted by atomic mass is 10.1. The van der Waals surface area contributed by atoms with Crippen LogP contribution < -0.4 is 4.90 Å². The summed E-state index contributed by atoms with van der Waals surface area (Å²) in [4.78, 5) is 12.6. The monoisotopic (exact) mass is 277 g/mol. The zero-order valence-corrected chi connectivity index (χ0v) is 11.7. The van der Waals surface area contributed by atoms with E-state index in [1.807, 2.05) is 0 Å². The van der Waals surface area contributed by atoms with Crippen molar-refractivity contribution in [2.45, 2.75) is 26.2 Å². The zero-order chi connectivity index (χ0) is 14.5. The van der Waals surface area contributed by atoms with E-state index in [0.29, 0.717) is 17.2 Å². The van der Waals surface area contributed by atoms with Gasteiger partial charge in [-0.2, -0.15) is 0 Å². The second kappa shape index (κ2) is 6.55. The largest absolute Gasteiger partial charge is 0.478 e. The average molecular weight is 277 g/mol. The molecule has 0 spiro atoms. The molecule has 1 aromatic carbocycles. The maximum Gasteiger partial charge on any atom is 0.328 e. The first-order valence-corrected chi connectivity index (χ1v) is 7.05. The summed E-state index contributed by atoms with van der Waals surface area (Å²) < 4.78 is 14.2. The lowest BCUT2D eigenvalue weighted by molar-refractivity contribution is -0.131. The molecule has 0 aliphatic heterocycles. The summed E-state index contributed by atoms with van der Waals surface area (Å²) in [6.45, 7) is 3.84. The minimum Gasteiger partial charge on any atom is -0.478 e. The number of aliphatic carboxylic acids is 1. The molecule has 1 aliphatic carbocycles. The van der Waals surface area contributed by atoms with Crippen LogP contribution in [-0.4, -0.2) is 24.2 Å². The second-order valence-electron chi connectivity index (χ2n) is 5.27. The smallest absolute Gasteiger partial charge is 0.328 e. The third-order valence-corrected chi connectivity index (χ3v) is 3.40. The van der Waals surface area contributed by atoms with Crippen LogP contribution in [0.4, 0.5) is 10.1 Å². The van der Waals surface area contributed by atoms with Crippen molar-refractivity contribution in [1.82, 2.24) is 0 Å². The maximum absolute atomic E-state index is 14.2. The van der Waals surface area contributed by atoms with Crippen molar-refractivity contribution in [3.63, 3.8) is 0 Å². The van der Waals surface area contributed by atoms with Crippen molar-refractivity contribution in [2.75, 3.05) is 18.0 Å². The number of benzene rings is 1. The van der Waals surface area contributed by atoms with E-state index in [4.69, 9.17) is 5.11 Å². The van der Waals surface area contributed by atoms with E-state index in [2.05, 4.69) is 11.8 Å². The highest BCUT2D eigenvalue weighted by Gasteiger charge is 2.25. The Labute approximate surface area is 118 Å². The van der Waals surface area contributed by atoms with Gasteiger partial charge in [-0.05, 0) is 49.0 Å². The van der Waals surface area contributed by atoms with Crippen LogP contribution in [0, 0.1) is 11.7 Å². The second-order valence-corrected chi connectivity index (χ2v) is 5.27. The van der Waals surface area contributed by atoms with Gasteiger partial charge in [-0.25, -0.2) is 9.18 Å². The van der Waals surface area contributed by atoms with E-state index in [-0.39, 0.29) is 5.82 Å². The third-order valence-electron chi connectivity index (χ3n) is 3.40. The number of hydrogen-bond donors (Lipinski definition) is 1. The first kappa shape index (κ1) is 14.6. The normalized spacial score (nSPS) is 14.7. The van der Waals surface area contributed by atoms with Crippen LogP contribution in [0.15, 0.2) is 24.3 Å². The molecule has 1 aromatic rings. The fourth-order valence-corrected chi connectivity index (χ4v) is 2.24. The number of carboxylic acid groups (broad SMARTS) is 1. The van der Waals surface area contributed by atoms with Gasteiger partial charge < -0.3 is 10.0 Å². The summed E-state index contributed by atoms with van der Waals surface area (Å²) in [5.74, 6) is -0.616. The predicted molar refractivity (Wildman–Crippen MR) is 78.3 cm³/mol. The van der Waals surface area contributed by atoms with E-state index in [1.54, 1.807) is 12.1 Å². The summed E-state index contributed by atoms with van der Waals surface area (Å²) >= 11 is 0. The Kier molecular flexibility index (Phi) is 4.77. The Morgan fingerprint density at radius 1 is 1.50 bits per heavy atom. The number of halogens is 1. The molecule has 0 unspecified atom stereocenters. The topological polar surface area (TPSA) is 40.5 Å². The number of carboxylic acids is 1. The number of carbonyl (C=O) groups is 1. The summed E-state index contributed by atoms with van der Waals surface area (Å²) in [5, 5.41) is 8.57. The number of rotatable bonds is 7. The van der Waals surface area contributed by atoms with Crippen molar-refractivity contribution < 1.29 is 14.3 Å². The molecule has 1 fully saturated rings. The first-order chi connectivity index (χ1) is 9.60. The summed E-state index contributed by atoms with van der Waals surface area (Å²) in [7, 11) is 0. The minimum absolute atomic E-state index is 0.286. The van der Waals surface area contributed by atoms with E-state index in [9.17, 15) is 9.18 Å². The number of hydrogen-bond acceptors (Lipinski definition) is 2. The molecule has 1 aliphatic rings. The molecule has 1 saturated carbocycles. The fraction of sp³-hybridized carbons (Fsp3) is 0.438. The molecule has 0 aromatic heterocycles. The van der Waals surface area contributed by atoms with E-state index in [1.165, 1.54) is 25.0 Å². The molecule has 0 bridgehead atoms. The van der Waals surface area contributed by atoms with E-state index >= 15 is 0 Å². The van der Waals surface area contributed by atoms with Gasteiger partial charge in [-0.1, -0.05) is 13.0 Å². The van der Waals surface area contributed by atoms with Gasteiger partial charge in [0.05, 0.1) is 5.69 Å². The van der Waals surface area contributed by atoms with Gasteiger partial charge in [0.25, 0.3) is 0 Å². The highest BCUT2D eigenvalue weighted by molar-refractivity contribution is 5.85. The van der Waals surface area contributed by atoms with Crippen LogP contribution in [0.2, 0.25) is 0 Å². The lowest BCUT2D eigenvalue weighted by Crippen LogP contribution is -2.27. The SMILES string of the molecule is CCCN(CC1CC1)c1ccc(C=CC(=O)O)cc1F. The van der Waals surface area contributed by atoms with Crippen LogP contribution >= 0.6 is 0 Å². The van der Waals surface area contributed by atoms with E-state index < -0.39 is 5.97 Å². The Morgan fingerprint density at radius 3 is 2.80 bits per heavy atom. The molecule has 2 rings (SSSR count). The molecular weight excluding hydrogens is 257 g/mol. The maximum atomic E-state index is 14.2. The van der Waals surface area contributed by atoms with Crippen molar-refractivity contribution >= 4 is 17.7 Å². The van der Waals surface area contributed by atoms with Crippen LogP contribution in [0.3, 0.4) is 0 Å². The van der Waals surface area contributed by atoms with Gasteiger partial charge in [-0.15, -0.1) is 0 Å². The van der Waals surface area contributed by atoms with Gasteiger partial charge in [0.15, 0.2) is 0 Å². The first-order valence-electron chi connectivity index (χ1n) is 7.05. The van der Waals surface area contributed by atoms with Crippen LogP contribution in [-0.2, 0) is 4.79 Å². The highest BCUT2D eigenvalue weighted by atomic mass is 19.1. The predicted octanol–water partition coefficient (Wildman–Crippen LogP) is 3.55. The molecule has 0 heterocycles. The van der Waals surface area contributed by atoms with Crippen molar-refractivity contribution in [1.29, 1.82) is 0 Å². The average Bonchev–Trinajstić information content (AvgIpc) is 3.20. The number of nitrogens with zero attached hydrogens (tertiary/aromatic N) is 1. The Balaban J connectivity index is 2.15. The van der Waals surface area contributed by atoms with Gasteiger partial charge >= 0.3 is 5.97 Å². The van der Waals surface area contributed by atoms with Crippen molar-refractivity contribution in [2.24, 2.45) is 5.92 Å². The molecule has 20 heavy (non-hydrogen) atoms. The molecule has 3 nitrogen and oxygen atoms in total. The Morgan fingerprint density at radius 2 is 2.25 bits per heavy atom.